The lowest BCUT2D eigenvalue weighted by molar-refractivity contribution is -0.117. The van der Waals surface area contributed by atoms with Crippen molar-refractivity contribution in [1.82, 2.24) is 4.90 Å². The summed E-state index contributed by atoms with van der Waals surface area (Å²) >= 11 is 0. The molecule has 1 rings (SSSR count). The van der Waals surface area contributed by atoms with Crippen molar-refractivity contribution in [2.75, 3.05) is 32.6 Å². The van der Waals surface area contributed by atoms with E-state index in [4.69, 9.17) is 4.74 Å². The number of carbonyl (C=O) groups excluding carboxylic acids is 1. The Labute approximate surface area is 133 Å². The highest BCUT2D eigenvalue weighted by atomic mass is 16.5. The van der Waals surface area contributed by atoms with Crippen LogP contribution in [0, 0.1) is 5.41 Å². The van der Waals surface area contributed by atoms with Crippen LogP contribution in [0.1, 0.15) is 27.2 Å². The minimum absolute atomic E-state index is 0.00238. The zero-order valence-electron chi connectivity index (χ0n) is 14.2. The van der Waals surface area contributed by atoms with E-state index < -0.39 is 6.10 Å². The van der Waals surface area contributed by atoms with Crippen LogP contribution in [0.2, 0.25) is 0 Å². The van der Waals surface area contributed by atoms with Crippen LogP contribution in [0.25, 0.3) is 0 Å². The van der Waals surface area contributed by atoms with Gasteiger partial charge in [0.2, 0.25) is 5.91 Å². The van der Waals surface area contributed by atoms with Gasteiger partial charge in [-0.3, -0.25) is 4.79 Å². The fourth-order valence-corrected chi connectivity index (χ4v) is 1.99. The summed E-state index contributed by atoms with van der Waals surface area (Å²) in [5.41, 5.74) is 0.714. The summed E-state index contributed by atoms with van der Waals surface area (Å²) in [4.78, 5) is 13.8. The number of anilines is 1. The van der Waals surface area contributed by atoms with Crippen LogP contribution in [0.4, 0.5) is 5.69 Å². The number of benzene rings is 1. The molecule has 0 bridgehead atoms. The monoisotopic (exact) mass is 308 g/mol. The van der Waals surface area contributed by atoms with Gasteiger partial charge in [0.25, 0.3) is 0 Å². The van der Waals surface area contributed by atoms with Crippen LogP contribution in [-0.2, 0) is 4.79 Å². The van der Waals surface area contributed by atoms with E-state index in [1.807, 2.05) is 39.8 Å². The molecule has 1 amide bonds. The molecule has 5 nitrogen and oxygen atoms in total. The van der Waals surface area contributed by atoms with Crippen molar-refractivity contribution in [3.63, 3.8) is 0 Å². The van der Waals surface area contributed by atoms with Crippen molar-refractivity contribution in [2.45, 2.75) is 33.3 Å². The van der Waals surface area contributed by atoms with E-state index in [1.54, 1.807) is 24.3 Å². The van der Waals surface area contributed by atoms with E-state index in [-0.39, 0.29) is 17.9 Å². The third-order valence-electron chi connectivity index (χ3n) is 2.85. The van der Waals surface area contributed by atoms with Gasteiger partial charge in [0, 0.05) is 18.7 Å². The summed E-state index contributed by atoms with van der Waals surface area (Å²) in [6.07, 6.45) is -0.0525. The van der Waals surface area contributed by atoms with Gasteiger partial charge in [0.15, 0.2) is 0 Å². The predicted molar refractivity (Wildman–Crippen MR) is 89.2 cm³/mol. The molecule has 0 aromatic heterocycles. The molecule has 0 heterocycles. The number of rotatable bonds is 7. The maximum absolute atomic E-state index is 11.9. The second kappa shape index (κ2) is 8.15. The van der Waals surface area contributed by atoms with E-state index in [9.17, 15) is 9.90 Å². The summed E-state index contributed by atoms with van der Waals surface area (Å²) in [5, 5.41) is 12.6. The third-order valence-corrected chi connectivity index (χ3v) is 2.85. The molecule has 2 N–H and O–H groups in total. The largest absolute Gasteiger partial charge is 0.491 e. The van der Waals surface area contributed by atoms with Gasteiger partial charge in [0.1, 0.15) is 18.5 Å². The van der Waals surface area contributed by atoms with Crippen LogP contribution in [-0.4, -0.2) is 49.3 Å². The Morgan fingerprint density at radius 2 is 1.86 bits per heavy atom. The average Bonchev–Trinajstić information content (AvgIpc) is 2.34. The molecule has 0 saturated carbocycles. The first-order valence-corrected chi connectivity index (χ1v) is 7.51. The third kappa shape index (κ3) is 8.00. The number of hydrogen-bond acceptors (Lipinski definition) is 4. The van der Waals surface area contributed by atoms with Crippen molar-refractivity contribution in [3.8, 4) is 5.75 Å². The van der Waals surface area contributed by atoms with Crippen LogP contribution in [0.15, 0.2) is 24.3 Å². The number of ether oxygens (including phenoxy) is 1. The normalized spacial score (nSPS) is 13.0. The Hall–Kier alpha value is -1.59. The Bertz CT molecular complexity index is 464. The highest BCUT2D eigenvalue weighted by Gasteiger charge is 2.15. The first-order chi connectivity index (χ1) is 10.2. The molecule has 0 radical (unpaired) electrons. The van der Waals surface area contributed by atoms with E-state index in [0.29, 0.717) is 18.7 Å². The highest BCUT2D eigenvalue weighted by molar-refractivity contribution is 5.91. The minimum atomic E-state index is -0.527. The zero-order chi connectivity index (χ0) is 16.8. The van der Waals surface area contributed by atoms with Crippen LogP contribution in [0.3, 0.4) is 0 Å². The standard InChI is InChI=1S/C17H28N2O3/c1-17(2,3)10-16(21)18-13-6-8-15(9-7-13)22-12-14(20)11-19(4)5/h6-9,14,20H,10-12H2,1-5H3,(H,18,21). The highest BCUT2D eigenvalue weighted by Crippen LogP contribution is 2.21. The maximum atomic E-state index is 11.9. The van der Waals surface area contributed by atoms with Gasteiger partial charge in [-0.05, 0) is 43.8 Å². The fraction of sp³-hybridized carbons (Fsp3) is 0.588. The second-order valence-electron chi connectivity index (χ2n) is 7.04. The molecule has 0 aliphatic rings. The average molecular weight is 308 g/mol. The molecular weight excluding hydrogens is 280 g/mol. The van der Waals surface area contributed by atoms with Crippen molar-refractivity contribution < 1.29 is 14.6 Å². The number of nitrogens with one attached hydrogen (secondary N) is 1. The van der Waals surface area contributed by atoms with Gasteiger partial charge in [-0.1, -0.05) is 20.8 Å². The topological polar surface area (TPSA) is 61.8 Å². The van der Waals surface area contributed by atoms with E-state index >= 15 is 0 Å². The molecule has 1 unspecified atom stereocenters. The smallest absolute Gasteiger partial charge is 0.224 e. The number of aliphatic hydroxyl groups excluding tert-OH is 1. The quantitative estimate of drug-likeness (QED) is 0.812. The lowest BCUT2D eigenvalue weighted by atomic mass is 9.92. The van der Waals surface area contributed by atoms with Gasteiger partial charge in [0.05, 0.1) is 0 Å². The summed E-state index contributed by atoms with van der Waals surface area (Å²) in [5.74, 6) is 0.675. The van der Waals surface area contributed by atoms with Crippen LogP contribution in [0.5, 0.6) is 5.75 Å². The van der Waals surface area contributed by atoms with Crippen LogP contribution >= 0.6 is 0 Å². The molecule has 1 aromatic carbocycles. The van der Waals surface area contributed by atoms with Gasteiger partial charge < -0.3 is 20.1 Å². The zero-order valence-corrected chi connectivity index (χ0v) is 14.2. The first kappa shape index (κ1) is 18.5. The van der Waals surface area contributed by atoms with Gasteiger partial charge in [-0.15, -0.1) is 0 Å². The molecule has 0 saturated heterocycles. The first-order valence-electron chi connectivity index (χ1n) is 7.51. The molecule has 0 aliphatic carbocycles. The van der Waals surface area contributed by atoms with E-state index in [0.717, 1.165) is 5.69 Å². The lowest BCUT2D eigenvalue weighted by Gasteiger charge is -2.18. The van der Waals surface area contributed by atoms with E-state index in [2.05, 4.69) is 5.32 Å². The molecule has 1 aromatic rings. The SMILES string of the molecule is CN(C)CC(O)COc1ccc(NC(=O)CC(C)(C)C)cc1. The molecule has 0 aliphatic heterocycles. The minimum Gasteiger partial charge on any atom is -0.491 e. The Kier molecular flexibility index (Phi) is 6.84. The molecule has 124 valence electrons. The van der Waals surface area contributed by atoms with Crippen molar-refractivity contribution >= 4 is 11.6 Å². The van der Waals surface area contributed by atoms with Crippen molar-refractivity contribution in [2.24, 2.45) is 5.41 Å². The number of nitrogens with zero attached hydrogens (tertiary/aromatic N) is 1. The van der Waals surface area contributed by atoms with Crippen LogP contribution < -0.4 is 10.1 Å². The number of amides is 1. The van der Waals surface area contributed by atoms with Crippen molar-refractivity contribution in [3.05, 3.63) is 24.3 Å². The molecule has 5 heteroatoms. The predicted octanol–water partition coefficient (Wildman–Crippen LogP) is 2.36. The molecule has 0 spiro atoms. The molecular formula is C17H28N2O3. The number of carbonyl (C=O) groups is 1. The van der Waals surface area contributed by atoms with Gasteiger partial charge >= 0.3 is 0 Å². The summed E-state index contributed by atoms with van der Waals surface area (Å²) in [6.45, 7) is 6.89. The lowest BCUT2D eigenvalue weighted by Crippen LogP contribution is -2.30. The van der Waals surface area contributed by atoms with Crippen molar-refractivity contribution in [1.29, 1.82) is 0 Å². The molecule has 1 atom stereocenters. The number of aliphatic hydroxyl groups is 1. The number of hydrogen-bond donors (Lipinski definition) is 2. The fourth-order valence-electron chi connectivity index (χ4n) is 1.99. The Balaban J connectivity index is 2.44. The maximum Gasteiger partial charge on any atom is 0.224 e. The molecule has 22 heavy (non-hydrogen) atoms. The van der Waals surface area contributed by atoms with Gasteiger partial charge in [-0.25, -0.2) is 0 Å². The summed E-state index contributed by atoms with van der Waals surface area (Å²) < 4.78 is 5.52. The Morgan fingerprint density at radius 1 is 1.27 bits per heavy atom. The number of likely N-dealkylation sites (N-methyl/N-ethyl adjacent to an activating group) is 1. The second-order valence-corrected chi connectivity index (χ2v) is 7.04. The molecule has 0 fully saturated rings. The van der Waals surface area contributed by atoms with E-state index in [1.165, 1.54) is 0 Å². The summed E-state index contributed by atoms with van der Waals surface area (Å²) in [7, 11) is 3.80. The van der Waals surface area contributed by atoms with Gasteiger partial charge in [-0.2, -0.15) is 0 Å². The Morgan fingerprint density at radius 3 is 2.36 bits per heavy atom. The summed E-state index contributed by atoms with van der Waals surface area (Å²) in [6, 6.07) is 7.17.